The second kappa shape index (κ2) is 11.0. The minimum absolute atomic E-state index is 0.0221. The predicted octanol–water partition coefficient (Wildman–Crippen LogP) is 1.96. The molecule has 0 aromatic heterocycles. The average Bonchev–Trinajstić information content (AvgIpc) is 3.01. The maximum Gasteiger partial charge on any atom is 0.255 e. The topological polar surface area (TPSA) is 89.5 Å². The van der Waals surface area contributed by atoms with E-state index in [2.05, 4.69) is 10.2 Å². The van der Waals surface area contributed by atoms with Crippen LogP contribution in [-0.2, 0) is 4.74 Å². The lowest BCUT2D eigenvalue weighted by molar-refractivity contribution is -0.0116. The Labute approximate surface area is 182 Å². The van der Waals surface area contributed by atoms with Crippen LogP contribution in [0.3, 0.4) is 0 Å². The molecule has 2 aliphatic rings. The highest BCUT2D eigenvalue weighted by Crippen LogP contribution is 2.46. The lowest BCUT2D eigenvalue weighted by Gasteiger charge is -2.37. The molecule has 9 heteroatoms. The van der Waals surface area contributed by atoms with Gasteiger partial charge in [-0.25, -0.2) is 0 Å². The molecule has 2 heterocycles. The van der Waals surface area contributed by atoms with E-state index in [1.54, 1.807) is 13.2 Å². The van der Waals surface area contributed by atoms with Crippen molar-refractivity contribution in [2.45, 2.75) is 25.4 Å². The van der Waals surface area contributed by atoms with Gasteiger partial charge in [-0.05, 0) is 25.5 Å². The Morgan fingerprint density at radius 3 is 2.80 bits per heavy atom. The highest BCUT2D eigenvalue weighted by Gasteiger charge is 2.31. The van der Waals surface area contributed by atoms with Gasteiger partial charge in [0.15, 0.2) is 11.5 Å². The molecule has 168 valence electrons. The normalized spacial score (nSPS) is 21.7. The summed E-state index contributed by atoms with van der Waals surface area (Å²) in [5.74, 6) is 1.06. The van der Waals surface area contributed by atoms with Gasteiger partial charge in [-0.3, -0.25) is 4.79 Å². The van der Waals surface area contributed by atoms with Crippen LogP contribution in [0.1, 0.15) is 29.6 Å². The monoisotopic (exact) mass is 442 g/mol. The van der Waals surface area contributed by atoms with Crippen LogP contribution in [0.4, 0.5) is 0 Å². The number of ether oxygens (including phenoxy) is 4. The van der Waals surface area contributed by atoms with E-state index in [1.807, 2.05) is 0 Å². The summed E-state index contributed by atoms with van der Waals surface area (Å²) in [5.41, 5.74) is 0.340. The quantitative estimate of drug-likeness (QED) is 0.636. The third-order valence-electron chi connectivity index (χ3n) is 5.62. The van der Waals surface area contributed by atoms with Crippen molar-refractivity contribution in [2.75, 3.05) is 60.2 Å². The number of likely N-dealkylation sites (tertiary alicyclic amines) is 1. The number of carbonyl (C=O) groups excluding carboxylic acids is 1. The van der Waals surface area contributed by atoms with Gasteiger partial charge in [0, 0.05) is 45.7 Å². The van der Waals surface area contributed by atoms with E-state index in [-0.39, 0.29) is 24.5 Å². The van der Waals surface area contributed by atoms with Gasteiger partial charge in [0.2, 0.25) is 5.75 Å². The molecule has 3 rings (SSSR count). The summed E-state index contributed by atoms with van der Waals surface area (Å²) in [6.45, 7) is 4.16. The minimum Gasteiger partial charge on any atom is -0.491 e. The highest BCUT2D eigenvalue weighted by atomic mass is 35.5. The number of methoxy groups -OCH3 is 2. The molecule has 1 amide bonds. The number of halogens is 1. The van der Waals surface area contributed by atoms with E-state index in [1.165, 1.54) is 7.11 Å². The Morgan fingerprint density at radius 1 is 1.33 bits per heavy atom. The minimum atomic E-state index is -0.265. The standard InChI is InChI=1S/C21H31ClN2O6/c1-27-17-13-24(6-3-8-25)7-5-14(17)12-23-21(26)15-11-16(22)19(28-2)20-18(15)29-9-4-10-30-20/h11,14,17,25H,3-10,12-13H2,1-2H3,(H,23,26)/t14-,17+/m0/s1. The summed E-state index contributed by atoms with van der Waals surface area (Å²) in [7, 11) is 3.20. The van der Waals surface area contributed by atoms with Crippen molar-refractivity contribution in [3.05, 3.63) is 16.7 Å². The summed E-state index contributed by atoms with van der Waals surface area (Å²) < 4.78 is 22.6. The summed E-state index contributed by atoms with van der Waals surface area (Å²) in [6.07, 6.45) is 2.39. The molecule has 30 heavy (non-hydrogen) atoms. The van der Waals surface area contributed by atoms with Gasteiger partial charge in [-0.1, -0.05) is 11.6 Å². The van der Waals surface area contributed by atoms with Gasteiger partial charge in [0.25, 0.3) is 5.91 Å². The molecule has 0 saturated carbocycles. The van der Waals surface area contributed by atoms with Crippen molar-refractivity contribution in [2.24, 2.45) is 5.92 Å². The number of benzene rings is 1. The first-order chi connectivity index (χ1) is 14.6. The van der Waals surface area contributed by atoms with Gasteiger partial charge in [-0.15, -0.1) is 0 Å². The van der Waals surface area contributed by atoms with E-state index < -0.39 is 0 Å². The first-order valence-corrected chi connectivity index (χ1v) is 10.8. The zero-order valence-electron chi connectivity index (χ0n) is 17.6. The van der Waals surface area contributed by atoms with Gasteiger partial charge in [-0.2, -0.15) is 0 Å². The number of aliphatic hydroxyl groups excluding tert-OH is 1. The van der Waals surface area contributed by atoms with Gasteiger partial charge < -0.3 is 34.3 Å². The summed E-state index contributed by atoms with van der Waals surface area (Å²) >= 11 is 6.33. The zero-order chi connectivity index (χ0) is 21.5. The third-order valence-corrected chi connectivity index (χ3v) is 5.90. The molecule has 2 N–H and O–H groups in total. The molecule has 0 bridgehead atoms. The largest absolute Gasteiger partial charge is 0.491 e. The number of amides is 1. The molecule has 1 fully saturated rings. The number of hydrogen-bond donors (Lipinski definition) is 2. The lowest BCUT2D eigenvalue weighted by Crippen LogP contribution is -2.48. The van der Waals surface area contributed by atoms with Crippen molar-refractivity contribution >= 4 is 17.5 Å². The molecule has 2 aliphatic heterocycles. The fraction of sp³-hybridized carbons (Fsp3) is 0.667. The van der Waals surface area contributed by atoms with E-state index in [4.69, 9.17) is 35.7 Å². The molecular formula is C21H31ClN2O6. The maximum absolute atomic E-state index is 13.0. The van der Waals surface area contributed by atoms with Crippen molar-refractivity contribution in [1.82, 2.24) is 10.2 Å². The number of rotatable bonds is 8. The Morgan fingerprint density at radius 2 is 2.10 bits per heavy atom. The number of nitrogens with zero attached hydrogens (tertiary/aromatic N) is 1. The smallest absolute Gasteiger partial charge is 0.255 e. The number of carbonyl (C=O) groups is 1. The van der Waals surface area contributed by atoms with Crippen LogP contribution in [0.2, 0.25) is 5.02 Å². The molecule has 0 spiro atoms. The maximum atomic E-state index is 13.0. The molecule has 1 aromatic carbocycles. The van der Waals surface area contributed by atoms with Crippen LogP contribution in [0.25, 0.3) is 0 Å². The highest BCUT2D eigenvalue weighted by molar-refractivity contribution is 6.33. The van der Waals surface area contributed by atoms with Crippen LogP contribution < -0.4 is 19.5 Å². The molecular weight excluding hydrogens is 412 g/mol. The second-order valence-electron chi connectivity index (χ2n) is 7.56. The molecule has 2 atom stereocenters. The van der Waals surface area contributed by atoms with Gasteiger partial charge in [0.1, 0.15) is 0 Å². The number of fused-ring (bicyclic) bond motifs is 1. The van der Waals surface area contributed by atoms with Crippen molar-refractivity contribution < 1.29 is 28.8 Å². The molecule has 0 unspecified atom stereocenters. The molecule has 0 aliphatic carbocycles. The van der Waals surface area contributed by atoms with E-state index in [0.717, 1.165) is 32.5 Å². The first kappa shape index (κ1) is 22.9. The fourth-order valence-corrected chi connectivity index (χ4v) is 4.25. The molecule has 1 saturated heterocycles. The van der Waals surface area contributed by atoms with Crippen molar-refractivity contribution in [3.63, 3.8) is 0 Å². The summed E-state index contributed by atoms with van der Waals surface area (Å²) in [4.78, 5) is 15.3. The van der Waals surface area contributed by atoms with Crippen LogP contribution in [0, 0.1) is 5.92 Å². The Bertz CT molecular complexity index is 732. The van der Waals surface area contributed by atoms with Crippen LogP contribution >= 0.6 is 11.6 Å². The van der Waals surface area contributed by atoms with Gasteiger partial charge in [0.05, 0.1) is 37.0 Å². The molecule has 8 nitrogen and oxygen atoms in total. The second-order valence-corrected chi connectivity index (χ2v) is 7.97. The molecule has 0 radical (unpaired) electrons. The lowest BCUT2D eigenvalue weighted by atomic mass is 9.93. The summed E-state index contributed by atoms with van der Waals surface area (Å²) in [5, 5.41) is 12.4. The predicted molar refractivity (Wildman–Crippen MR) is 113 cm³/mol. The Balaban J connectivity index is 1.68. The third kappa shape index (κ3) is 5.29. The first-order valence-electron chi connectivity index (χ1n) is 10.4. The Hall–Kier alpha value is -1.74. The fourth-order valence-electron chi connectivity index (χ4n) is 3.98. The van der Waals surface area contributed by atoms with Crippen LogP contribution in [-0.4, -0.2) is 82.2 Å². The van der Waals surface area contributed by atoms with Crippen molar-refractivity contribution in [1.29, 1.82) is 0 Å². The van der Waals surface area contributed by atoms with E-state index >= 15 is 0 Å². The Kier molecular flexibility index (Phi) is 8.44. The van der Waals surface area contributed by atoms with E-state index in [9.17, 15) is 4.79 Å². The number of hydrogen-bond acceptors (Lipinski definition) is 7. The van der Waals surface area contributed by atoms with E-state index in [0.29, 0.717) is 54.0 Å². The summed E-state index contributed by atoms with van der Waals surface area (Å²) in [6, 6.07) is 1.56. The number of nitrogens with one attached hydrogen (secondary N) is 1. The molecule has 1 aromatic rings. The van der Waals surface area contributed by atoms with Crippen LogP contribution in [0.15, 0.2) is 6.07 Å². The SMILES string of the molecule is COc1c(Cl)cc(C(=O)NC[C@@H]2CCN(CCCO)C[C@H]2OC)c2c1OCCCO2. The van der Waals surface area contributed by atoms with Crippen LogP contribution in [0.5, 0.6) is 17.2 Å². The number of aliphatic hydroxyl groups is 1. The van der Waals surface area contributed by atoms with Crippen molar-refractivity contribution in [3.8, 4) is 17.2 Å². The average molecular weight is 443 g/mol. The number of piperidine rings is 1. The zero-order valence-corrected chi connectivity index (χ0v) is 18.4. The van der Waals surface area contributed by atoms with Gasteiger partial charge >= 0.3 is 0 Å².